The van der Waals surface area contributed by atoms with E-state index in [-0.39, 0.29) is 0 Å². The molecule has 0 radical (unpaired) electrons. The zero-order valence-electron chi connectivity index (χ0n) is 11.4. The van der Waals surface area contributed by atoms with Gasteiger partial charge < -0.3 is 19.0 Å². The van der Waals surface area contributed by atoms with Gasteiger partial charge in [-0.1, -0.05) is 25.6 Å². The van der Waals surface area contributed by atoms with E-state index in [0.717, 1.165) is 0 Å². The van der Waals surface area contributed by atoms with Crippen molar-refractivity contribution >= 4 is 5.71 Å². The van der Waals surface area contributed by atoms with Gasteiger partial charge >= 0.3 is 0 Å². The smallest absolute Gasteiger partial charge is 0.106 e. The van der Waals surface area contributed by atoms with Crippen molar-refractivity contribution in [3.63, 3.8) is 0 Å². The number of hydrogen-bond acceptors (Lipinski definition) is 5. The van der Waals surface area contributed by atoms with Gasteiger partial charge in [-0.2, -0.15) is 0 Å². The molecule has 0 fully saturated rings. The molecule has 0 aliphatic heterocycles. The molecule has 0 unspecified atom stereocenters. The summed E-state index contributed by atoms with van der Waals surface area (Å²) in [5, 5.41) is 3.70. The van der Waals surface area contributed by atoms with Crippen molar-refractivity contribution in [3.05, 3.63) is 12.7 Å². The van der Waals surface area contributed by atoms with E-state index in [1.165, 1.54) is 7.11 Å². The summed E-state index contributed by atoms with van der Waals surface area (Å²) >= 11 is 0. The molecule has 0 amide bonds. The molecule has 0 saturated heterocycles. The Labute approximate surface area is 104 Å². The van der Waals surface area contributed by atoms with Crippen LogP contribution in [-0.4, -0.2) is 53.0 Å². The topological polar surface area (TPSA) is 49.3 Å². The van der Waals surface area contributed by atoms with Crippen LogP contribution < -0.4 is 0 Å². The monoisotopic (exact) mass is 247 g/mol. The highest BCUT2D eigenvalue weighted by molar-refractivity contribution is 5.95. The van der Waals surface area contributed by atoms with E-state index in [9.17, 15) is 0 Å². The highest BCUT2D eigenvalue weighted by Crippen LogP contribution is 1.86. The van der Waals surface area contributed by atoms with Crippen LogP contribution in [0.3, 0.4) is 0 Å². The lowest BCUT2D eigenvalue weighted by Crippen LogP contribution is -2.12. The zero-order chi connectivity index (χ0) is 13.4. The van der Waals surface area contributed by atoms with E-state index < -0.39 is 0 Å². The van der Waals surface area contributed by atoms with Crippen LogP contribution in [0.5, 0.6) is 0 Å². The molecular weight excluding hydrogens is 222 g/mol. The molecule has 0 saturated carbocycles. The molecule has 17 heavy (non-hydrogen) atoms. The van der Waals surface area contributed by atoms with E-state index >= 15 is 0 Å². The van der Waals surface area contributed by atoms with Gasteiger partial charge in [-0.25, -0.2) is 0 Å². The fraction of sp³-hybridized carbons (Fsp3) is 0.750. The van der Waals surface area contributed by atoms with Crippen LogP contribution in [0.2, 0.25) is 0 Å². The van der Waals surface area contributed by atoms with Gasteiger partial charge in [0.2, 0.25) is 0 Å². The number of oxime groups is 1. The number of hydrogen-bond donors (Lipinski definition) is 0. The maximum Gasteiger partial charge on any atom is 0.106 e. The average Bonchev–Trinajstić information content (AvgIpc) is 2.38. The summed E-state index contributed by atoms with van der Waals surface area (Å²) < 4.78 is 15.3. The molecule has 0 spiro atoms. The highest BCUT2D eigenvalue weighted by atomic mass is 16.6. The first kappa shape index (κ1) is 18.5. The predicted molar refractivity (Wildman–Crippen MR) is 69.5 cm³/mol. The normalized spacial score (nSPS) is 10.5. The maximum atomic E-state index is 5.27. The zero-order valence-corrected chi connectivity index (χ0v) is 11.4. The first-order valence-electron chi connectivity index (χ1n) is 5.72. The number of rotatable bonds is 10. The van der Waals surface area contributed by atoms with Crippen LogP contribution >= 0.6 is 0 Å². The lowest BCUT2D eigenvalue weighted by atomic mass is 10.4. The Morgan fingerprint density at radius 3 is 2.18 bits per heavy atom. The van der Waals surface area contributed by atoms with Crippen molar-refractivity contribution in [1.29, 1.82) is 0 Å². The maximum absolute atomic E-state index is 5.27. The lowest BCUT2D eigenvalue weighted by molar-refractivity contribution is 0.0331. The first-order chi connectivity index (χ1) is 8.35. The minimum Gasteiger partial charge on any atom is -0.399 e. The van der Waals surface area contributed by atoms with Crippen LogP contribution in [0.25, 0.3) is 0 Å². The second-order valence-electron chi connectivity index (χ2n) is 2.63. The van der Waals surface area contributed by atoms with Crippen molar-refractivity contribution in [2.75, 3.05) is 47.3 Å². The number of ether oxygens (including phenoxy) is 3. The standard InChI is InChI=1S/C10H19NO4.C2H6/c1-4-10(11-13-3)9-15-8-7-14-6-5-12-2;1-2/h4H,1,5-9H2,2-3H3;1-2H3/b11-10+;. The Morgan fingerprint density at radius 1 is 1.06 bits per heavy atom. The van der Waals surface area contributed by atoms with Crippen LogP contribution in [0.15, 0.2) is 17.8 Å². The van der Waals surface area contributed by atoms with Crippen molar-refractivity contribution in [3.8, 4) is 0 Å². The molecule has 0 atom stereocenters. The molecule has 0 aromatic carbocycles. The van der Waals surface area contributed by atoms with Crippen molar-refractivity contribution in [2.24, 2.45) is 5.16 Å². The van der Waals surface area contributed by atoms with Crippen molar-refractivity contribution < 1.29 is 19.0 Å². The summed E-state index contributed by atoms with van der Waals surface area (Å²) in [6.07, 6.45) is 1.59. The fourth-order valence-electron chi connectivity index (χ4n) is 0.779. The van der Waals surface area contributed by atoms with E-state index in [1.54, 1.807) is 13.2 Å². The lowest BCUT2D eigenvalue weighted by Gasteiger charge is -2.05. The number of methoxy groups -OCH3 is 1. The van der Waals surface area contributed by atoms with Gasteiger partial charge in [0.05, 0.1) is 33.0 Å². The summed E-state index contributed by atoms with van der Waals surface area (Å²) in [5.41, 5.74) is 0.661. The average molecular weight is 247 g/mol. The van der Waals surface area contributed by atoms with E-state index in [1.807, 2.05) is 13.8 Å². The summed E-state index contributed by atoms with van der Waals surface area (Å²) in [4.78, 5) is 4.59. The molecule has 0 aromatic heterocycles. The number of nitrogens with zero attached hydrogens (tertiary/aromatic N) is 1. The molecule has 0 bridgehead atoms. The predicted octanol–water partition coefficient (Wildman–Crippen LogP) is 1.88. The van der Waals surface area contributed by atoms with Crippen LogP contribution in [0, 0.1) is 0 Å². The molecule has 5 heteroatoms. The summed E-state index contributed by atoms with van der Waals surface area (Å²) in [6, 6.07) is 0. The Hall–Kier alpha value is -0.910. The van der Waals surface area contributed by atoms with Crippen LogP contribution in [-0.2, 0) is 19.0 Å². The van der Waals surface area contributed by atoms with Crippen LogP contribution in [0.1, 0.15) is 13.8 Å². The SMILES string of the molecule is C=C/C(COCCOCCOC)=N\OC.CC. The molecule has 102 valence electrons. The second kappa shape index (κ2) is 17.5. The third-order valence-corrected chi connectivity index (χ3v) is 1.50. The van der Waals surface area contributed by atoms with Gasteiger partial charge in [0.1, 0.15) is 12.8 Å². The third kappa shape index (κ3) is 15.1. The van der Waals surface area contributed by atoms with E-state index in [4.69, 9.17) is 14.2 Å². The summed E-state index contributed by atoms with van der Waals surface area (Å²) in [5.74, 6) is 0. The Kier molecular flexibility index (Phi) is 19.0. The first-order valence-corrected chi connectivity index (χ1v) is 5.72. The molecular formula is C12H25NO4. The molecule has 0 aliphatic carbocycles. The molecule has 0 aromatic rings. The molecule has 0 rings (SSSR count). The fourth-order valence-corrected chi connectivity index (χ4v) is 0.779. The minimum absolute atomic E-state index is 0.380. The Bertz CT molecular complexity index is 183. The minimum atomic E-state index is 0.380. The third-order valence-electron chi connectivity index (χ3n) is 1.50. The molecule has 5 nitrogen and oxygen atoms in total. The van der Waals surface area contributed by atoms with Gasteiger partial charge in [0.15, 0.2) is 0 Å². The van der Waals surface area contributed by atoms with Gasteiger partial charge in [-0.15, -0.1) is 0 Å². The molecule has 0 aliphatic rings. The largest absolute Gasteiger partial charge is 0.399 e. The summed E-state index contributed by atoms with van der Waals surface area (Å²) in [6.45, 7) is 10.2. The quantitative estimate of drug-likeness (QED) is 0.336. The molecule has 0 heterocycles. The second-order valence-corrected chi connectivity index (χ2v) is 2.63. The Balaban J connectivity index is 0. The van der Waals surface area contributed by atoms with E-state index in [0.29, 0.717) is 38.7 Å². The van der Waals surface area contributed by atoms with E-state index in [2.05, 4.69) is 16.6 Å². The van der Waals surface area contributed by atoms with Gasteiger partial charge in [-0.3, -0.25) is 0 Å². The molecule has 0 N–H and O–H groups in total. The van der Waals surface area contributed by atoms with Gasteiger partial charge in [0.25, 0.3) is 0 Å². The van der Waals surface area contributed by atoms with Crippen LogP contribution in [0.4, 0.5) is 0 Å². The Morgan fingerprint density at radius 2 is 1.65 bits per heavy atom. The highest BCUT2D eigenvalue weighted by Gasteiger charge is 1.95. The van der Waals surface area contributed by atoms with Crippen molar-refractivity contribution in [2.45, 2.75) is 13.8 Å². The van der Waals surface area contributed by atoms with Gasteiger partial charge in [-0.05, 0) is 6.08 Å². The summed E-state index contributed by atoms with van der Waals surface area (Å²) in [7, 11) is 3.12. The van der Waals surface area contributed by atoms with Gasteiger partial charge in [0, 0.05) is 7.11 Å². The van der Waals surface area contributed by atoms with Crippen molar-refractivity contribution in [1.82, 2.24) is 0 Å².